The van der Waals surface area contributed by atoms with Crippen molar-refractivity contribution >= 4 is 27.1 Å². The summed E-state index contributed by atoms with van der Waals surface area (Å²) >= 11 is 6.00. The number of hydrogen-bond acceptors (Lipinski definition) is 7. The first-order valence-electron chi connectivity index (χ1n) is 14.4. The Morgan fingerprint density at radius 2 is 1.81 bits per heavy atom. The summed E-state index contributed by atoms with van der Waals surface area (Å²) in [7, 11) is -3.93. The van der Waals surface area contributed by atoms with Crippen molar-refractivity contribution in [2.75, 3.05) is 19.7 Å². The summed E-state index contributed by atoms with van der Waals surface area (Å²) in [4.78, 5) is 20.9. The van der Waals surface area contributed by atoms with Crippen LogP contribution in [0.25, 0.3) is 16.9 Å². The molecule has 42 heavy (non-hydrogen) atoms. The van der Waals surface area contributed by atoms with Gasteiger partial charge in [0, 0.05) is 24.0 Å². The summed E-state index contributed by atoms with van der Waals surface area (Å²) in [6, 6.07) is 11.6. The smallest absolute Gasteiger partial charge is 0.277 e. The number of hydrogen-bond donors (Lipinski definition) is 2. The standard InChI is InChI=1S/C30H34ClN5O5S/c1-3-41-25-13-12-23(42(39,40)35-16-14-30(38,15-17-35)21-8-10-22(31)11-9-21)18-24(25)27-33-29(37)26-19(2)32-28(36(26)34-27)20-6-4-5-7-20/h8-13,18,20,38H,3-7,14-17H2,1-2H3,(H,33,34,37). The number of halogens is 1. The molecule has 3 heterocycles. The van der Waals surface area contributed by atoms with E-state index in [1.165, 1.54) is 16.4 Å². The number of fused-ring (bicyclic) bond motifs is 1. The highest BCUT2D eigenvalue weighted by molar-refractivity contribution is 7.89. The molecule has 1 aliphatic carbocycles. The van der Waals surface area contributed by atoms with Crippen LogP contribution >= 0.6 is 11.6 Å². The molecule has 0 amide bonds. The van der Waals surface area contributed by atoms with Crippen LogP contribution in [-0.4, -0.2) is 57.1 Å². The number of aromatic nitrogens is 4. The number of aromatic amines is 1. The Morgan fingerprint density at radius 3 is 2.48 bits per heavy atom. The average molecular weight is 612 g/mol. The first kappa shape index (κ1) is 28.9. The molecule has 10 nitrogen and oxygen atoms in total. The van der Waals surface area contributed by atoms with Crippen molar-refractivity contribution in [1.82, 2.24) is 23.9 Å². The van der Waals surface area contributed by atoms with Crippen LogP contribution in [0.4, 0.5) is 0 Å². The van der Waals surface area contributed by atoms with E-state index in [0.717, 1.165) is 31.5 Å². The van der Waals surface area contributed by atoms with Crippen molar-refractivity contribution in [3.63, 3.8) is 0 Å². The topological polar surface area (TPSA) is 130 Å². The number of piperidine rings is 1. The highest BCUT2D eigenvalue weighted by Crippen LogP contribution is 2.38. The van der Waals surface area contributed by atoms with Gasteiger partial charge < -0.3 is 14.8 Å². The summed E-state index contributed by atoms with van der Waals surface area (Å²) in [5.74, 6) is 1.60. The summed E-state index contributed by atoms with van der Waals surface area (Å²) in [6.07, 6.45) is 4.68. The Kier molecular flexibility index (Phi) is 7.63. The molecule has 2 N–H and O–H groups in total. The second kappa shape index (κ2) is 11.1. The molecule has 2 aromatic carbocycles. The molecule has 2 fully saturated rings. The molecule has 2 aliphatic rings. The molecule has 222 valence electrons. The van der Waals surface area contributed by atoms with E-state index in [2.05, 4.69) is 4.98 Å². The Balaban J connectivity index is 1.35. The zero-order chi connectivity index (χ0) is 29.6. The van der Waals surface area contributed by atoms with Crippen molar-refractivity contribution in [2.45, 2.75) is 68.8 Å². The molecule has 0 unspecified atom stereocenters. The van der Waals surface area contributed by atoms with Gasteiger partial charge in [0.15, 0.2) is 11.3 Å². The second-order valence-corrected chi connectivity index (χ2v) is 13.5. The van der Waals surface area contributed by atoms with Crippen LogP contribution in [0, 0.1) is 6.92 Å². The minimum atomic E-state index is -3.93. The molecule has 0 radical (unpaired) electrons. The van der Waals surface area contributed by atoms with Gasteiger partial charge in [-0.15, -0.1) is 5.10 Å². The lowest BCUT2D eigenvalue weighted by atomic mass is 9.85. The molecule has 2 aromatic heterocycles. The number of aryl methyl sites for hydroxylation is 1. The van der Waals surface area contributed by atoms with Crippen molar-refractivity contribution in [3.05, 3.63) is 74.9 Å². The maximum Gasteiger partial charge on any atom is 0.277 e. The SMILES string of the molecule is CCOc1ccc(S(=O)(=O)N2CCC(O)(c3ccc(Cl)cc3)CC2)cc1-c1nn2c(C3CCCC3)nc(C)c2c(=O)[nH]1. The molecular formula is C30H34ClN5O5S. The highest BCUT2D eigenvalue weighted by Gasteiger charge is 2.38. The Hall–Kier alpha value is -3.25. The minimum absolute atomic E-state index is 0.0541. The second-order valence-electron chi connectivity index (χ2n) is 11.1. The number of nitrogens with zero attached hydrogens (tertiary/aromatic N) is 4. The number of nitrogens with one attached hydrogen (secondary N) is 1. The van der Waals surface area contributed by atoms with Gasteiger partial charge in [-0.2, -0.15) is 4.31 Å². The summed E-state index contributed by atoms with van der Waals surface area (Å²) in [6.45, 7) is 4.27. The van der Waals surface area contributed by atoms with E-state index in [-0.39, 0.29) is 48.1 Å². The number of rotatable bonds is 7. The molecule has 1 aliphatic heterocycles. The van der Waals surface area contributed by atoms with E-state index < -0.39 is 15.6 Å². The van der Waals surface area contributed by atoms with E-state index in [0.29, 0.717) is 39.7 Å². The predicted octanol–water partition coefficient (Wildman–Crippen LogP) is 4.78. The third kappa shape index (κ3) is 5.12. The zero-order valence-electron chi connectivity index (χ0n) is 23.6. The van der Waals surface area contributed by atoms with Gasteiger partial charge in [-0.25, -0.2) is 17.9 Å². The van der Waals surface area contributed by atoms with E-state index in [4.69, 9.17) is 26.4 Å². The average Bonchev–Trinajstić information content (AvgIpc) is 3.62. The van der Waals surface area contributed by atoms with Crippen LogP contribution in [0.5, 0.6) is 5.75 Å². The van der Waals surface area contributed by atoms with E-state index in [9.17, 15) is 18.3 Å². The number of benzene rings is 2. The fourth-order valence-electron chi connectivity index (χ4n) is 6.19. The van der Waals surface area contributed by atoms with Crippen LogP contribution < -0.4 is 10.3 Å². The molecule has 1 saturated heterocycles. The van der Waals surface area contributed by atoms with Crippen LogP contribution in [0.3, 0.4) is 0 Å². The van der Waals surface area contributed by atoms with E-state index >= 15 is 0 Å². The van der Waals surface area contributed by atoms with Crippen LogP contribution in [0.2, 0.25) is 5.02 Å². The number of sulfonamides is 1. The van der Waals surface area contributed by atoms with Crippen molar-refractivity contribution < 1.29 is 18.3 Å². The zero-order valence-corrected chi connectivity index (χ0v) is 25.2. The third-order valence-corrected chi connectivity index (χ3v) is 10.6. The summed E-state index contributed by atoms with van der Waals surface area (Å²) in [5, 5.41) is 16.6. The molecule has 4 aromatic rings. The fourth-order valence-corrected chi connectivity index (χ4v) is 7.79. The lowest BCUT2D eigenvalue weighted by Crippen LogP contribution is -2.45. The number of H-pyrrole nitrogens is 1. The van der Waals surface area contributed by atoms with Gasteiger partial charge in [-0.05, 0) is 75.4 Å². The lowest BCUT2D eigenvalue weighted by Gasteiger charge is -2.38. The van der Waals surface area contributed by atoms with Crippen molar-refractivity contribution in [3.8, 4) is 17.1 Å². The summed E-state index contributed by atoms with van der Waals surface area (Å²) < 4.78 is 36.5. The number of imidazole rings is 1. The Morgan fingerprint density at radius 1 is 1.12 bits per heavy atom. The maximum absolute atomic E-state index is 13.8. The first-order valence-corrected chi connectivity index (χ1v) is 16.2. The monoisotopic (exact) mass is 611 g/mol. The van der Waals surface area contributed by atoms with Gasteiger partial charge in [0.25, 0.3) is 5.56 Å². The van der Waals surface area contributed by atoms with E-state index in [1.807, 2.05) is 6.92 Å². The predicted molar refractivity (Wildman–Crippen MR) is 160 cm³/mol. The van der Waals surface area contributed by atoms with Gasteiger partial charge in [-0.3, -0.25) is 4.79 Å². The first-order chi connectivity index (χ1) is 20.1. The molecular weight excluding hydrogens is 578 g/mol. The molecule has 0 atom stereocenters. The van der Waals surface area contributed by atoms with Gasteiger partial charge >= 0.3 is 0 Å². The fraction of sp³-hybridized carbons (Fsp3) is 0.433. The molecule has 6 rings (SSSR count). The van der Waals surface area contributed by atoms with Gasteiger partial charge in [0.1, 0.15) is 11.6 Å². The van der Waals surface area contributed by atoms with Gasteiger partial charge in [-0.1, -0.05) is 36.6 Å². The highest BCUT2D eigenvalue weighted by atomic mass is 35.5. The Bertz CT molecular complexity index is 1790. The molecule has 0 spiro atoms. The van der Waals surface area contributed by atoms with Crippen LogP contribution in [0.1, 0.15) is 68.4 Å². The van der Waals surface area contributed by atoms with Gasteiger partial charge in [0.2, 0.25) is 10.0 Å². The van der Waals surface area contributed by atoms with Crippen molar-refractivity contribution in [2.24, 2.45) is 0 Å². The maximum atomic E-state index is 13.8. The normalized spacial score (nSPS) is 18.1. The largest absolute Gasteiger partial charge is 0.493 e. The number of aliphatic hydroxyl groups is 1. The number of ether oxygens (including phenoxy) is 1. The lowest BCUT2D eigenvalue weighted by molar-refractivity contribution is -0.00961. The Labute approximate surface area is 249 Å². The third-order valence-electron chi connectivity index (χ3n) is 8.50. The molecule has 1 saturated carbocycles. The molecule has 12 heteroatoms. The van der Waals surface area contributed by atoms with E-state index in [1.54, 1.807) is 41.8 Å². The van der Waals surface area contributed by atoms with Gasteiger partial charge in [0.05, 0.1) is 28.4 Å². The molecule has 0 bridgehead atoms. The van der Waals surface area contributed by atoms with Crippen LogP contribution in [0.15, 0.2) is 52.2 Å². The van der Waals surface area contributed by atoms with Crippen LogP contribution in [-0.2, 0) is 15.6 Å². The quantitative estimate of drug-likeness (QED) is 0.308. The van der Waals surface area contributed by atoms with Crippen molar-refractivity contribution in [1.29, 1.82) is 0 Å². The minimum Gasteiger partial charge on any atom is -0.493 e. The summed E-state index contributed by atoms with van der Waals surface area (Å²) in [5.41, 5.74) is 0.604.